The number of amidine groups is 1. The molecule has 0 atom stereocenters. The van der Waals surface area contributed by atoms with Crippen LogP contribution in [0.4, 0.5) is 0 Å². The maximum Gasteiger partial charge on any atom is 0.153 e. The van der Waals surface area contributed by atoms with Crippen LogP contribution < -0.4 is 28.7 Å². The van der Waals surface area contributed by atoms with Gasteiger partial charge in [0.15, 0.2) is 12.3 Å². The normalized spacial score (nSPS) is 10.8. The predicted molar refractivity (Wildman–Crippen MR) is 93.6 cm³/mol. The molecule has 0 aromatic heterocycles. The summed E-state index contributed by atoms with van der Waals surface area (Å²) < 4.78 is 13.6. The number of aryl methyl sites for hydroxylation is 2. The van der Waals surface area contributed by atoms with Gasteiger partial charge < -0.3 is 22.7 Å². The lowest BCUT2D eigenvalue weighted by atomic mass is 10.2. The highest BCUT2D eigenvalue weighted by Crippen LogP contribution is 2.46. The SMILES string of the molecule is Cc1ccc(P(=O)(CSC(=N)N)c2ccc(C)cc2)cc1.[Cl-]. The van der Waals surface area contributed by atoms with E-state index in [0.29, 0.717) is 5.49 Å². The summed E-state index contributed by atoms with van der Waals surface area (Å²) in [6.45, 7) is 4.01. The molecule has 0 radical (unpaired) electrons. The number of thioether (sulfide) groups is 1. The summed E-state index contributed by atoms with van der Waals surface area (Å²) in [4.78, 5) is 0. The Kier molecular flexibility index (Phi) is 6.73. The van der Waals surface area contributed by atoms with Crippen LogP contribution in [0, 0.1) is 19.3 Å². The van der Waals surface area contributed by atoms with Crippen molar-refractivity contribution in [3.05, 3.63) is 59.7 Å². The number of hydrogen-bond acceptors (Lipinski definition) is 3. The van der Waals surface area contributed by atoms with Gasteiger partial charge >= 0.3 is 0 Å². The molecule has 0 saturated carbocycles. The largest absolute Gasteiger partial charge is 1.00 e. The number of benzene rings is 2. The Balaban J connectivity index is 0.00000242. The number of nitrogens with one attached hydrogen (secondary N) is 1. The molecular formula is C16H19ClN2OPS-. The fourth-order valence-corrected chi connectivity index (χ4v) is 6.07. The molecule has 2 aromatic carbocycles. The average Bonchev–Trinajstić information content (AvgIpc) is 2.46. The van der Waals surface area contributed by atoms with Gasteiger partial charge in [0.25, 0.3) is 0 Å². The summed E-state index contributed by atoms with van der Waals surface area (Å²) in [5.41, 5.74) is 8.01. The quantitative estimate of drug-likeness (QED) is 0.469. The van der Waals surface area contributed by atoms with Crippen molar-refractivity contribution in [2.75, 3.05) is 5.49 Å². The molecule has 6 heteroatoms. The van der Waals surface area contributed by atoms with Crippen molar-refractivity contribution >= 4 is 34.7 Å². The van der Waals surface area contributed by atoms with Crippen LogP contribution in [0.25, 0.3) is 0 Å². The van der Waals surface area contributed by atoms with Crippen molar-refractivity contribution in [3.8, 4) is 0 Å². The Morgan fingerprint density at radius 1 is 1.00 bits per heavy atom. The first-order valence-electron chi connectivity index (χ1n) is 6.62. The van der Waals surface area contributed by atoms with Gasteiger partial charge in [-0.1, -0.05) is 71.4 Å². The van der Waals surface area contributed by atoms with Crippen LogP contribution in [-0.4, -0.2) is 10.7 Å². The Hall–Kier alpha value is -1.22. The van der Waals surface area contributed by atoms with Crippen LogP contribution in [0.2, 0.25) is 0 Å². The first kappa shape index (κ1) is 18.8. The standard InChI is InChI=1S/C16H19N2OPS.ClH/c1-12-3-7-14(8-4-12)20(19,11-21-16(17)18)15-9-5-13(2)6-10-15;/h3-10H,11H2,1-2H3,(H3,17,18);1H/p-1. The predicted octanol–water partition coefficient (Wildman–Crippen LogP) is 0.206. The van der Waals surface area contributed by atoms with E-state index < -0.39 is 7.14 Å². The molecule has 0 saturated heterocycles. The smallest absolute Gasteiger partial charge is 0.153 e. The number of rotatable bonds is 4. The maximum atomic E-state index is 13.6. The van der Waals surface area contributed by atoms with Crippen molar-refractivity contribution < 1.29 is 17.0 Å². The van der Waals surface area contributed by atoms with Gasteiger partial charge in [-0.05, 0) is 13.8 Å². The highest BCUT2D eigenvalue weighted by Gasteiger charge is 2.27. The minimum atomic E-state index is -2.78. The van der Waals surface area contributed by atoms with E-state index in [-0.39, 0.29) is 17.6 Å². The van der Waals surface area contributed by atoms with Crippen LogP contribution in [-0.2, 0) is 4.57 Å². The fraction of sp³-hybridized carbons (Fsp3) is 0.188. The van der Waals surface area contributed by atoms with Crippen LogP contribution in [0.15, 0.2) is 48.5 Å². The zero-order valence-electron chi connectivity index (χ0n) is 12.5. The van der Waals surface area contributed by atoms with Crippen molar-refractivity contribution in [2.24, 2.45) is 5.73 Å². The number of hydrogen-bond donors (Lipinski definition) is 2. The van der Waals surface area contributed by atoms with Gasteiger partial charge in [-0.2, -0.15) is 0 Å². The van der Waals surface area contributed by atoms with E-state index >= 15 is 0 Å². The second kappa shape index (κ2) is 7.87. The number of nitrogens with two attached hydrogens (primary N) is 1. The Morgan fingerprint density at radius 2 is 1.36 bits per heavy atom. The molecule has 22 heavy (non-hydrogen) atoms. The molecule has 3 nitrogen and oxygen atoms in total. The number of halogens is 1. The van der Waals surface area contributed by atoms with Crippen molar-refractivity contribution in [1.29, 1.82) is 5.41 Å². The highest BCUT2D eigenvalue weighted by molar-refractivity contribution is 8.19. The molecular weight excluding hydrogens is 335 g/mol. The molecule has 0 amide bonds. The van der Waals surface area contributed by atoms with Gasteiger partial charge in [0.2, 0.25) is 0 Å². The van der Waals surface area contributed by atoms with Crippen LogP contribution >= 0.6 is 18.9 Å². The molecule has 2 aromatic rings. The summed E-state index contributed by atoms with van der Waals surface area (Å²) in [6, 6.07) is 15.5. The molecule has 3 N–H and O–H groups in total. The average molecular weight is 354 g/mol. The summed E-state index contributed by atoms with van der Waals surface area (Å²) >= 11 is 1.13. The van der Waals surface area contributed by atoms with Gasteiger partial charge in [-0.15, -0.1) is 0 Å². The lowest BCUT2D eigenvalue weighted by Gasteiger charge is -2.19. The van der Waals surface area contributed by atoms with E-state index in [1.54, 1.807) is 0 Å². The molecule has 0 spiro atoms. The molecule has 118 valence electrons. The second-order valence-corrected chi connectivity index (χ2v) is 9.32. The van der Waals surface area contributed by atoms with E-state index in [2.05, 4.69) is 0 Å². The molecule has 0 bridgehead atoms. The monoisotopic (exact) mass is 353 g/mol. The van der Waals surface area contributed by atoms with Crippen molar-refractivity contribution in [1.82, 2.24) is 0 Å². The van der Waals surface area contributed by atoms with Gasteiger partial charge in [0.1, 0.15) is 0 Å². The van der Waals surface area contributed by atoms with Gasteiger partial charge in [0, 0.05) is 10.6 Å². The Bertz CT molecular complexity index is 637. The molecule has 0 unspecified atom stereocenters. The maximum absolute atomic E-state index is 13.6. The molecule has 0 aliphatic rings. The Morgan fingerprint density at radius 3 is 1.68 bits per heavy atom. The van der Waals surface area contributed by atoms with Gasteiger partial charge in [-0.25, -0.2) is 0 Å². The molecule has 0 heterocycles. The second-order valence-electron chi connectivity index (χ2n) is 5.05. The summed E-state index contributed by atoms with van der Waals surface area (Å²) in [7, 11) is -2.78. The van der Waals surface area contributed by atoms with E-state index in [1.807, 2.05) is 62.4 Å². The summed E-state index contributed by atoms with van der Waals surface area (Å²) in [5, 5.41) is 9.00. The third-order valence-corrected chi connectivity index (χ3v) is 7.85. The summed E-state index contributed by atoms with van der Waals surface area (Å²) in [6.07, 6.45) is 0. The third kappa shape index (κ3) is 4.39. The molecule has 0 aliphatic heterocycles. The van der Waals surface area contributed by atoms with Crippen LogP contribution in [0.5, 0.6) is 0 Å². The molecule has 0 fully saturated rings. The zero-order valence-corrected chi connectivity index (χ0v) is 15.0. The summed E-state index contributed by atoms with van der Waals surface area (Å²) in [5.74, 6) is 0. The lowest BCUT2D eigenvalue weighted by Crippen LogP contribution is -3.00. The highest BCUT2D eigenvalue weighted by atomic mass is 35.5. The van der Waals surface area contributed by atoms with E-state index in [9.17, 15) is 4.57 Å². The van der Waals surface area contributed by atoms with Gasteiger partial charge in [-0.3, -0.25) is 5.41 Å². The van der Waals surface area contributed by atoms with Crippen molar-refractivity contribution in [3.63, 3.8) is 0 Å². The topological polar surface area (TPSA) is 66.9 Å². The van der Waals surface area contributed by atoms with Crippen molar-refractivity contribution in [2.45, 2.75) is 13.8 Å². The van der Waals surface area contributed by atoms with Crippen LogP contribution in [0.3, 0.4) is 0 Å². The van der Waals surface area contributed by atoms with E-state index in [4.69, 9.17) is 11.1 Å². The Labute approximate surface area is 142 Å². The zero-order chi connectivity index (χ0) is 15.5. The third-order valence-electron chi connectivity index (χ3n) is 3.30. The fourth-order valence-electron chi connectivity index (χ4n) is 2.03. The minimum Gasteiger partial charge on any atom is -1.00 e. The first-order chi connectivity index (χ1) is 9.91. The lowest BCUT2D eigenvalue weighted by molar-refractivity contribution is -0.00000591. The molecule has 0 aliphatic carbocycles. The molecule has 2 rings (SSSR count). The first-order valence-corrected chi connectivity index (χ1v) is 9.50. The van der Waals surface area contributed by atoms with E-state index in [0.717, 1.165) is 33.5 Å². The van der Waals surface area contributed by atoms with E-state index in [1.165, 1.54) is 0 Å². The van der Waals surface area contributed by atoms with Crippen LogP contribution in [0.1, 0.15) is 11.1 Å². The minimum absolute atomic E-state index is 0. The van der Waals surface area contributed by atoms with Gasteiger partial charge in [0.05, 0.1) is 5.49 Å².